The SMILES string of the molecule is NC1=C(C(=O)c2ccccc2)OC2C=CC=CC12. The molecule has 2 N–H and O–H groups in total. The van der Waals surface area contributed by atoms with Gasteiger partial charge in [0.25, 0.3) is 0 Å². The first-order valence-electron chi connectivity index (χ1n) is 5.88. The molecule has 0 saturated carbocycles. The van der Waals surface area contributed by atoms with Gasteiger partial charge in [0.15, 0.2) is 5.76 Å². The highest BCUT2D eigenvalue weighted by atomic mass is 16.5. The van der Waals surface area contributed by atoms with Gasteiger partial charge in [-0.15, -0.1) is 0 Å². The van der Waals surface area contributed by atoms with Gasteiger partial charge in [0.2, 0.25) is 5.78 Å². The summed E-state index contributed by atoms with van der Waals surface area (Å²) >= 11 is 0. The van der Waals surface area contributed by atoms with E-state index < -0.39 is 0 Å². The van der Waals surface area contributed by atoms with E-state index in [4.69, 9.17) is 10.5 Å². The van der Waals surface area contributed by atoms with Gasteiger partial charge in [0.05, 0.1) is 11.6 Å². The fourth-order valence-electron chi connectivity index (χ4n) is 2.24. The molecule has 1 aromatic rings. The molecule has 18 heavy (non-hydrogen) atoms. The maximum absolute atomic E-state index is 12.3. The van der Waals surface area contributed by atoms with Gasteiger partial charge < -0.3 is 10.5 Å². The van der Waals surface area contributed by atoms with Crippen molar-refractivity contribution >= 4 is 5.78 Å². The minimum absolute atomic E-state index is 0.0161. The summed E-state index contributed by atoms with van der Waals surface area (Å²) in [5.74, 6) is 0.120. The predicted molar refractivity (Wildman–Crippen MR) is 68.6 cm³/mol. The molecular weight excluding hydrogens is 226 g/mol. The Bertz CT molecular complexity index is 569. The zero-order valence-electron chi connectivity index (χ0n) is 9.74. The van der Waals surface area contributed by atoms with Crippen LogP contribution in [0.3, 0.4) is 0 Å². The molecular formula is C15H13NO2. The highest BCUT2D eigenvalue weighted by molar-refractivity contribution is 6.08. The Morgan fingerprint density at radius 3 is 2.56 bits per heavy atom. The number of allylic oxidation sites excluding steroid dienone is 3. The van der Waals surface area contributed by atoms with Crippen molar-refractivity contribution in [2.24, 2.45) is 11.7 Å². The van der Waals surface area contributed by atoms with E-state index in [2.05, 4.69) is 0 Å². The molecule has 3 rings (SSSR count). The molecule has 0 bridgehead atoms. The Labute approximate surface area is 105 Å². The molecule has 0 aromatic heterocycles. The van der Waals surface area contributed by atoms with E-state index in [-0.39, 0.29) is 23.6 Å². The number of rotatable bonds is 2. The van der Waals surface area contributed by atoms with Crippen LogP contribution in [0.1, 0.15) is 10.4 Å². The first-order valence-corrected chi connectivity index (χ1v) is 5.88. The summed E-state index contributed by atoms with van der Waals surface area (Å²) in [6, 6.07) is 9.05. The second kappa shape index (κ2) is 4.18. The third-order valence-electron chi connectivity index (χ3n) is 3.20. The van der Waals surface area contributed by atoms with E-state index in [1.165, 1.54) is 0 Å². The summed E-state index contributed by atoms with van der Waals surface area (Å²) in [5.41, 5.74) is 7.14. The lowest BCUT2D eigenvalue weighted by Gasteiger charge is -2.15. The molecule has 3 nitrogen and oxygen atoms in total. The van der Waals surface area contributed by atoms with Crippen molar-refractivity contribution in [3.05, 3.63) is 71.7 Å². The molecule has 1 aliphatic carbocycles. The van der Waals surface area contributed by atoms with E-state index in [1.54, 1.807) is 12.1 Å². The first kappa shape index (κ1) is 10.8. The number of hydrogen-bond donors (Lipinski definition) is 1. The van der Waals surface area contributed by atoms with Crippen LogP contribution in [0.5, 0.6) is 0 Å². The smallest absolute Gasteiger partial charge is 0.229 e. The number of Topliss-reactive ketones (excluding diaryl/α,β-unsaturated/α-hetero) is 1. The molecule has 0 spiro atoms. The lowest BCUT2D eigenvalue weighted by Crippen LogP contribution is -2.18. The van der Waals surface area contributed by atoms with Gasteiger partial charge in [0.1, 0.15) is 6.10 Å². The summed E-state index contributed by atoms with van der Waals surface area (Å²) in [5, 5.41) is 0. The van der Waals surface area contributed by atoms with Gasteiger partial charge in [-0.1, -0.05) is 48.6 Å². The molecule has 1 aromatic carbocycles. The Morgan fingerprint density at radius 2 is 1.83 bits per heavy atom. The molecule has 2 atom stereocenters. The molecule has 2 unspecified atom stereocenters. The van der Waals surface area contributed by atoms with E-state index in [9.17, 15) is 4.79 Å². The zero-order chi connectivity index (χ0) is 12.5. The van der Waals surface area contributed by atoms with Crippen molar-refractivity contribution < 1.29 is 9.53 Å². The fourth-order valence-corrected chi connectivity index (χ4v) is 2.24. The number of carbonyl (C=O) groups excluding carboxylic acids is 1. The summed E-state index contributed by atoms with van der Waals surface area (Å²) < 4.78 is 5.66. The van der Waals surface area contributed by atoms with Crippen LogP contribution < -0.4 is 5.73 Å². The molecule has 0 saturated heterocycles. The van der Waals surface area contributed by atoms with Crippen molar-refractivity contribution in [2.75, 3.05) is 0 Å². The lowest BCUT2D eigenvalue weighted by molar-refractivity contribution is 0.0885. The van der Waals surface area contributed by atoms with Crippen LogP contribution in [0.2, 0.25) is 0 Å². The maximum atomic E-state index is 12.3. The molecule has 2 aliphatic rings. The number of nitrogens with two attached hydrogens (primary N) is 1. The van der Waals surface area contributed by atoms with Crippen molar-refractivity contribution in [3.8, 4) is 0 Å². The summed E-state index contributed by atoms with van der Waals surface area (Å²) in [6.07, 6.45) is 7.57. The monoisotopic (exact) mass is 239 g/mol. The second-order valence-electron chi connectivity index (χ2n) is 4.36. The van der Waals surface area contributed by atoms with Crippen molar-refractivity contribution in [3.63, 3.8) is 0 Å². The summed E-state index contributed by atoms with van der Waals surface area (Å²) in [4.78, 5) is 12.3. The van der Waals surface area contributed by atoms with Gasteiger partial charge >= 0.3 is 0 Å². The van der Waals surface area contributed by atoms with Gasteiger partial charge in [-0.3, -0.25) is 4.79 Å². The number of benzene rings is 1. The van der Waals surface area contributed by atoms with Crippen LogP contribution >= 0.6 is 0 Å². The third-order valence-corrected chi connectivity index (χ3v) is 3.20. The van der Waals surface area contributed by atoms with Crippen molar-refractivity contribution in [1.29, 1.82) is 0 Å². The molecule has 1 aliphatic heterocycles. The van der Waals surface area contributed by atoms with Crippen LogP contribution in [0.15, 0.2) is 66.1 Å². The van der Waals surface area contributed by atoms with Crippen LogP contribution in [-0.2, 0) is 4.74 Å². The van der Waals surface area contributed by atoms with Gasteiger partial charge in [-0.2, -0.15) is 0 Å². The predicted octanol–water partition coefficient (Wildman–Crippen LogP) is 2.18. The van der Waals surface area contributed by atoms with Crippen molar-refractivity contribution in [1.82, 2.24) is 0 Å². The molecule has 0 radical (unpaired) electrons. The lowest BCUT2D eigenvalue weighted by atomic mass is 9.95. The highest BCUT2D eigenvalue weighted by Crippen LogP contribution is 2.33. The topological polar surface area (TPSA) is 52.3 Å². The average Bonchev–Trinajstić information content (AvgIpc) is 2.77. The van der Waals surface area contributed by atoms with E-state index >= 15 is 0 Å². The molecule has 90 valence electrons. The molecule has 1 heterocycles. The normalized spacial score (nSPS) is 24.9. The van der Waals surface area contributed by atoms with E-state index in [0.29, 0.717) is 11.3 Å². The Kier molecular flexibility index (Phi) is 2.52. The maximum Gasteiger partial charge on any atom is 0.229 e. The van der Waals surface area contributed by atoms with Crippen LogP contribution in [-0.4, -0.2) is 11.9 Å². The van der Waals surface area contributed by atoms with Crippen LogP contribution in [0.25, 0.3) is 0 Å². The Morgan fingerprint density at radius 1 is 1.11 bits per heavy atom. The van der Waals surface area contributed by atoms with Crippen LogP contribution in [0, 0.1) is 5.92 Å². The molecule has 3 heteroatoms. The third kappa shape index (κ3) is 1.64. The Hall–Kier alpha value is -2.29. The largest absolute Gasteiger partial charge is 0.479 e. The van der Waals surface area contributed by atoms with Gasteiger partial charge in [0, 0.05) is 5.56 Å². The van der Waals surface area contributed by atoms with E-state index in [0.717, 1.165) is 0 Å². The standard InChI is InChI=1S/C15H13NO2/c16-13-11-8-4-5-9-12(11)18-15(13)14(17)10-6-2-1-3-7-10/h1-9,11-12H,16H2. The fraction of sp³-hybridized carbons (Fsp3) is 0.133. The highest BCUT2D eigenvalue weighted by Gasteiger charge is 2.36. The summed E-state index contributed by atoms with van der Waals surface area (Å²) in [7, 11) is 0. The zero-order valence-corrected chi connectivity index (χ0v) is 9.74. The van der Waals surface area contributed by atoms with E-state index in [1.807, 2.05) is 42.5 Å². The summed E-state index contributed by atoms with van der Waals surface area (Å²) in [6.45, 7) is 0. The number of ether oxygens (including phenoxy) is 1. The second-order valence-corrected chi connectivity index (χ2v) is 4.36. The first-order chi connectivity index (χ1) is 8.77. The number of carbonyl (C=O) groups is 1. The number of hydrogen-bond acceptors (Lipinski definition) is 3. The Balaban J connectivity index is 1.94. The molecule has 0 fully saturated rings. The molecule has 0 amide bonds. The minimum Gasteiger partial charge on any atom is -0.479 e. The number of ketones is 1. The van der Waals surface area contributed by atoms with Gasteiger partial charge in [-0.05, 0) is 6.08 Å². The quantitative estimate of drug-likeness (QED) is 0.805. The number of fused-ring (bicyclic) bond motifs is 1. The van der Waals surface area contributed by atoms with Crippen LogP contribution in [0.4, 0.5) is 0 Å². The minimum atomic E-state index is -0.149. The average molecular weight is 239 g/mol. The van der Waals surface area contributed by atoms with Crippen molar-refractivity contribution in [2.45, 2.75) is 6.10 Å². The van der Waals surface area contributed by atoms with Gasteiger partial charge in [-0.25, -0.2) is 0 Å².